The van der Waals surface area contributed by atoms with Gasteiger partial charge in [-0.15, -0.1) is 11.3 Å². The van der Waals surface area contributed by atoms with E-state index >= 15 is 0 Å². The van der Waals surface area contributed by atoms with E-state index in [1.165, 1.54) is 23.4 Å². The molecule has 0 saturated carbocycles. The van der Waals surface area contributed by atoms with Crippen molar-refractivity contribution in [3.05, 3.63) is 16.1 Å². The van der Waals surface area contributed by atoms with E-state index in [9.17, 15) is 0 Å². The molecule has 0 saturated heterocycles. The monoisotopic (exact) mass is 226 g/mol. The highest BCUT2D eigenvalue weighted by Crippen LogP contribution is 2.14. The van der Waals surface area contributed by atoms with Crippen LogP contribution in [0.4, 0.5) is 0 Å². The van der Waals surface area contributed by atoms with Crippen LogP contribution in [0.3, 0.4) is 0 Å². The summed E-state index contributed by atoms with van der Waals surface area (Å²) in [5, 5.41) is 3.60. The Morgan fingerprint density at radius 3 is 2.73 bits per heavy atom. The Morgan fingerprint density at radius 2 is 2.20 bits per heavy atom. The van der Waals surface area contributed by atoms with Gasteiger partial charge in [-0.25, -0.2) is 4.98 Å². The zero-order chi connectivity index (χ0) is 11.3. The highest BCUT2D eigenvalue weighted by atomic mass is 32.1. The number of hydrogen-bond acceptors (Lipinski definition) is 3. The van der Waals surface area contributed by atoms with E-state index in [1.807, 2.05) is 5.51 Å². The van der Waals surface area contributed by atoms with Crippen LogP contribution in [-0.2, 0) is 6.42 Å². The van der Waals surface area contributed by atoms with Gasteiger partial charge in [-0.2, -0.15) is 0 Å². The van der Waals surface area contributed by atoms with E-state index in [-0.39, 0.29) is 5.54 Å². The summed E-state index contributed by atoms with van der Waals surface area (Å²) in [6, 6.07) is 0. The minimum absolute atomic E-state index is 0.271. The first kappa shape index (κ1) is 12.7. The van der Waals surface area contributed by atoms with Crippen LogP contribution in [0.1, 0.15) is 44.2 Å². The quantitative estimate of drug-likeness (QED) is 0.806. The van der Waals surface area contributed by atoms with Gasteiger partial charge in [0, 0.05) is 17.0 Å². The second-order valence-electron chi connectivity index (χ2n) is 4.67. The lowest BCUT2D eigenvalue weighted by atomic mass is 9.99. The minimum atomic E-state index is 0.271. The summed E-state index contributed by atoms with van der Waals surface area (Å²) < 4.78 is 0. The first-order valence-electron chi connectivity index (χ1n) is 5.69. The summed E-state index contributed by atoms with van der Waals surface area (Å²) >= 11 is 1.76. The van der Waals surface area contributed by atoms with Crippen molar-refractivity contribution < 1.29 is 0 Å². The summed E-state index contributed by atoms with van der Waals surface area (Å²) in [4.78, 5) is 5.67. The molecule has 0 atom stereocenters. The average Bonchev–Trinajstić information content (AvgIpc) is 2.51. The van der Waals surface area contributed by atoms with E-state index in [1.54, 1.807) is 11.3 Å². The molecule has 0 unspecified atom stereocenters. The summed E-state index contributed by atoms with van der Waals surface area (Å²) in [6.07, 6.45) is 3.57. The SMILES string of the molecule is CCCC(C)(C)NCCc1scnc1C. The molecule has 0 aliphatic heterocycles. The zero-order valence-corrected chi connectivity index (χ0v) is 11.1. The summed E-state index contributed by atoms with van der Waals surface area (Å²) in [5.41, 5.74) is 3.39. The third-order valence-electron chi connectivity index (χ3n) is 2.68. The molecule has 0 bridgehead atoms. The highest BCUT2D eigenvalue weighted by Gasteiger charge is 2.14. The predicted octanol–water partition coefficient (Wildman–Crippen LogP) is 3.16. The fraction of sp³-hybridized carbons (Fsp3) is 0.750. The van der Waals surface area contributed by atoms with Crippen LogP contribution >= 0.6 is 11.3 Å². The van der Waals surface area contributed by atoms with Gasteiger partial charge in [0.05, 0.1) is 11.2 Å². The highest BCUT2D eigenvalue weighted by molar-refractivity contribution is 7.09. The van der Waals surface area contributed by atoms with Crippen molar-refractivity contribution in [2.24, 2.45) is 0 Å². The summed E-state index contributed by atoms with van der Waals surface area (Å²) in [7, 11) is 0. The molecule has 0 radical (unpaired) electrons. The molecule has 0 fully saturated rings. The molecular formula is C12H22N2S. The Kier molecular flexibility index (Phi) is 4.74. The number of thiazole rings is 1. The Balaban J connectivity index is 2.30. The molecule has 1 aromatic heterocycles. The maximum Gasteiger partial charge on any atom is 0.0797 e. The fourth-order valence-corrected chi connectivity index (χ4v) is 2.58. The number of aryl methyl sites for hydroxylation is 1. The molecule has 86 valence electrons. The Hall–Kier alpha value is -0.410. The average molecular weight is 226 g/mol. The van der Waals surface area contributed by atoms with Crippen LogP contribution in [0.2, 0.25) is 0 Å². The van der Waals surface area contributed by atoms with E-state index in [2.05, 4.69) is 38.0 Å². The molecule has 3 heteroatoms. The minimum Gasteiger partial charge on any atom is -0.311 e. The van der Waals surface area contributed by atoms with E-state index < -0.39 is 0 Å². The van der Waals surface area contributed by atoms with Gasteiger partial charge in [-0.1, -0.05) is 13.3 Å². The van der Waals surface area contributed by atoms with Crippen LogP contribution in [-0.4, -0.2) is 17.1 Å². The molecule has 0 aliphatic carbocycles. The molecule has 0 amide bonds. The molecule has 15 heavy (non-hydrogen) atoms. The molecule has 1 N–H and O–H groups in total. The van der Waals surface area contributed by atoms with E-state index in [0.29, 0.717) is 0 Å². The Morgan fingerprint density at radius 1 is 1.47 bits per heavy atom. The van der Waals surface area contributed by atoms with Gasteiger partial charge in [0.25, 0.3) is 0 Å². The maximum absolute atomic E-state index is 4.26. The van der Waals surface area contributed by atoms with Gasteiger partial charge in [0.2, 0.25) is 0 Å². The Labute approximate surface area is 97.1 Å². The van der Waals surface area contributed by atoms with Gasteiger partial charge in [-0.3, -0.25) is 0 Å². The van der Waals surface area contributed by atoms with Crippen LogP contribution in [0.25, 0.3) is 0 Å². The lowest BCUT2D eigenvalue weighted by molar-refractivity contribution is 0.362. The van der Waals surface area contributed by atoms with Crippen molar-refractivity contribution in [2.75, 3.05) is 6.54 Å². The third-order valence-corrected chi connectivity index (χ3v) is 3.67. The first-order valence-corrected chi connectivity index (χ1v) is 6.57. The smallest absolute Gasteiger partial charge is 0.0797 e. The largest absolute Gasteiger partial charge is 0.311 e. The molecule has 0 aliphatic rings. The number of aromatic nitrogens is 1. The van der Waals surface area contributed by atoms with Crippen molar-refractivity contribution in [3.63, 3.8) is 0 Å². The van der Waals surface area contributed by atoms with E-state index in [4.69, 9.17) is 0 Å². The number of nitrogens with one attached hydrogen (secondary N) is 1. The maximum atomic E-state index is 4.26. The normalized spacial score (nSPS) is 12.0. The summed E-state index contributed by atoms with van der Waals surface area (Å²) in [5.74, 6) is 0. The van der Waals surface area contributed by atoms with Crippen molar-refractivity contribution in [1.29, 1.82) is 0 Å². The van der Waals surface area contributed by atoms with Crippen LogP contribution in [0.5, 0.6) is 0 Å². The van der Waals surface area contributed by atoms with Crippen LogP contribution < -0.4 is 5.32 Å². The van der Waals surface area contributed by atoms with Crippen LogP contribution in [0.15, 0.2) is 5.51 Å². The molecule has 2 nitrogen and oxygen atoms in total. The van der Waals surface area contributed by atoms with Crippen molar-refractivity contribution in [1.82, 2.24) is 10.3 Å². The van der Waals surface area contributed by atoms with E-state index in [0.717, 1.165) is 13.0 Å². The number of rotatable bonds is 6. The van der Waals surface area contributed by atoms with Gasteiger partial charge in [-0.05, 0) is 33.6 Å². The van der Waals surface area contributed by atoms with Gasteiger partial charge < -0.3 is 5.32 Å². The lowest BCUT2D eigenvalue weighted by Gasteiger charge is -2.25. The predicted molar refractivity (Wildman–Crippen MR) is 67.5 cm³/mol. The zero-order valence-electron chi connectivity index (χ0n) is 10.3. The third kappa shape index (κ3) is 4.31. The standard InChI is InChI=1S/C12H22N2S/c1-5-7-12(3,4)14-8-6-11-10(2)13-9-15-11/h9,14H,5-8H2,1-4H3. The van der Waals surface area contributed by atoms with Crippen LogP contribution in [0, 0.1) is 6.92 Å². The van der Waals surface area contributed by atoms with Gasteiger partial charge in [0.1, 0.15) is 0 Å². The first-order chi connectivity index (χ1) is 7.05. The second-order valence-corrected chi connectivity index (χ2v) is 5.61. The molecule has 1 heterocycles. The topological polar surface area (TPSA) is 24.9 Å². The second kappa shape index (κ2) is 5.61. The molecule has 0 aromatic carbocycles. The number of hydrogen-bond donors (Lipinski definition) is 1. The Bertz CT molecular complexity index is 292. The molecule has 0 spiro atoms. The fourth-order valence-electron chi connectivity index (χ4n) is 1.79. The molecule has 1 rings (SSSR count). The van der Waals surface area contributed by atoms with Crippen molar-refractivity contribution in [3.8, 4) is 0 Å². The lowest BCUT2D eigenvalue weighted by Crippen LogP contribution is -2.40. The number of nitrogens with zero attached hydrogens (tertiary/aromatic N) is 1. The van der Waals surface area contributed by atoms with Crippen molar-refractivity contribution >= 4 is 11.3 Å². The molecule has 1 aromatic rings. The molecular weight excluding hydrogens is 204 g/mol. The van der Waals surface area contributed by atoms with Crippen molar-refractivity contribution in [2.45, 2.75) is 52.5 Å². The van der Waals surface area contributed by atoms with Gasteiger partial charge >= 0.3 is 0 Å². The summed E-state index contributed by atoms with van der Waals surface area (Å²) in [6.45, 7) is 9.92. The van der Waals surface area contributed by atoms with Gasteiger partial charge in [0.15, 0.2) is 0 Å².